The lowest BCUT2D eigenvalue weighted by molar-refractivity contribution is -0.137. The van der Waals surface area contributed by atoms with Gasteiger partial charge in [-0.05, 0) is 113 Å². The van der Waals surface area contributed by atoms with E-state index in [1.165, 1.54) is 12.1 Å². The molecule has 0 spiro atoms. The molecule has 0 fully saturated rings. The van der Waals surface area contributed by atoms with Gasteiger partial charge in [0.25, 0.3) is 0 Å². The van der Waals surface area contributed by atoms with Crippen LogP contribution < -0.4 is 0 Å². The molecule has 0 radical (unpaired) electrons. The van der Waals surface area contributed by atoms with Gasteiger partial charge in [-0.25, -0.2) is 15.0 Å². The first-order chi connectivity index (χ1) is 30.8. The predicted molar refractivity (Wildman–Crippen MR) is 235 cm³/mol. The Labute approximate surface area is 361 Å². The Kier molecular flexibility index (Phi) is 9.74. The number of aromatic nitrogens is 4. The van der Waals surface area contributed by atoms with Crippen LogP contribution >= 0.6 is 0 Å². The molecule has 0 saturated carbocycles. The third-order valence-electron chi connectivity index (χ3n) is 11.2. The van der Waals surface area contributed by atoms with Crippen LogP contribution in [0.1, 0.15) is 22.3 Å². The summed E-state index contributed by atoms with van der Waals surface area (Å²) < 4.78 is 93.8. The van der Waals surface area contributed by atoms with E-state index in [2.05, 4.69) is 15.0 Å². The molecule has 64 heavy (non-hydrogen) atoms. The van der Waals surface area contributed by atoms with E-state index in [-0.39, 0.29) is 34.0 Å². The number of hydrogen-bond acceptors (Lipinski definition) is 6. The number of fused-ring (bicyclic) bond motifs is 2. The van der Waals surface area contributed by atoms with Gasteiger partial charge < -0.3 is 8.83 Å². The molecule has 0 amide bonds. The van der Waals surface area contributed by atoms with Crippen LogP contribution in [0.5, 0.6) is 0 Å². The van der Waals surface area contributed by atoms with E-state index in [1.807, 2.05) is 103 Å². The van der Waals surface area contributed by atoms with Gasteiger partial charge in [-0.3, -0.25) is 4.98 Å². The van der Waals surface area contributed by atoms with Crippen LogP contribution in [0, 0.1) is 13.8 Å². The summed E-state index contributed by atoms with van der Waals surface area (Å²) in [6.45, 7) is 3.38. The van der Waals surface area contributed by atoms with Crippen molar-refractivity contribution in [1.82, 2.24) is 19.9 Å². The van der Waals surface area contributed by atoms with Crippen LogP contribution in [0.15, 0.2) is 167 Å². The highest BCUT2D eigenvalue weighted by Gasteiger charge is 2.36. The largest absolute Gasteiger partial charge is 0.436 e. The molecule has 4 aromatic heterocycles. The molecule has 0 bridgehead atoms. The molecule has 4 heterocycles. The van der Waals surface area contributed by atoms with Crippen molar-refractivity contribution in [2.24, 2.45) is 0 Å². The molecule has 0 N–H and O–H groups in total. The van der Waals surface area contributed by atoms with Gasteiger partial charge in [0, 0.05) is 28.5 Å². The minimum atomic E-state index is -4.57. The fourth-order valence-corrected chi connectivity index (χ4v) is 7.81. The van der Waals surface area contributed by atoms with Crippen LogP contribution in [0.2, 0.25) is 0 Å². The van der Waals surface area contributed by atoms with Gasteiger partial charge in [-0.1, -0.05) is 91.0 Å². The second-order valence-corrected chi connectivity index (χ2v) is 15.4. The van der Waals surface area contributed by atoms with Crippen LogP contribution in [0.4, 0.5) is 26.3 Å². The van der Waals surface area contributed by atoms with Crippen LogP contribution in [-0.2, 0) is 12.4 Å². The molecule has 6 nitrogen and oxygen atoms in total. The molecule has 0 unspecified atom stereocenters. The SMILES string of the molecule is Cc1ccc(C(F)(F)F)c2oc(-c3ccc(-c4ccc(-c5ccc(-c6ccccn6)nc5-c5ccc(-c6ccc(-c7nc8c(C(F)(F)F)ccc(C)c8o7)cc6)cc5)cc4)cc3)nc12. The zero-order chi connectivity index (χ0) is 44.3. The average molecular weight is 859 g/mol. The number of aryl methyl sites for hydroxylation is 2. The van der Waals surface area contributed by atoms with Gasteiger partial charge >= 0.3 is 12.4 Å². The summed E-state index contributed by atoms with van der Waals surface area (Å²) in [6, 6.07) is 45.1. The van der Waals surface area contributed by atoms with Crippen molar-refractivity contribution < 1.29 is 35.2 Å². The number of pyridine rings is 2. The summed E-state index contributed by atoms with van der Waals surface area (Å²) in [4.78, 5) is 18.3. The normalized spacial score (nSPS) is 12.1. The van der Waals surface area contributed by atoms with E-state index < -0.39 is 23.5 Å². The number of nitrogens with zero attached hydrogens (tertiary/aromatic N) is 4. The lowest BCUT2D eigenvalue weighted by Gasteiger charge is -2.13. The van der Waals surface area contributed by atoms with Crippen molar-refractivity contribution in [3.63, 3.8) is 0 Å². The molecule has 12 heteroatoms. The zero-order valence-electron chi connectivity index (χ0n) is 33.9. The van der Waals surface area contributed by atoms with E-state index in [4.69, 9.17) is 13.8 Å². The maximum Gasteiger partial charge on any atom is 0.420 e. The van der Waals surface area contributed by atoms with E-state index >= 15 is 0 Å². The number of alkyl halides is 6. The van der Waals surface area contributed by atoms with E-state index in [0.717, 1.165) is 62.5 Å². The number of hydrogen-bond donors (Lipinski definition) is 0. The van der Waals surface area contributed by atoms with E-state index in [1.54, 1.807) is 44.3 Å². The first-order valence-electron chi connectivity index (χ1n) is 20.1. The average Bonchev–Trinajstić information content (AvgIpc) is 3.96. The highest BCUT2D eigenvalue weighted by molar-refractivity contribution is 5.86. The van der Waals surface area contributed by atoms with Crippen LogP contribution in [0.3, 0.4) is 0 Å². The highest BCUT2D eigenvalue weighted by Crippen LogP contribution is 2.41. The van der Waals surface area contributed by atoms with Gasteiger partial charge in [0.1, 0.15) is 16.6 Å². The van der Waals surface area contributed by atoms with E-state index in [0.29, 0.717) is 27.9 Å². The number of benzene rings is 6. The summed E-state index contributed by atoms with van der Waals surface area (Å²) in [5, 5.41) is 0. The standard InChI is InChI=1S/C52H32F6N4O2/c1-29-6-26-41(52(56,57)58)48-44(29)61-49(64-48)37-20-12-33(13-21-37)31-8-16-35(17-9-31)39-24-27-43(42-5-3-4-28-59-42)60-45(39)36-18-10-32(11-19-36)34-14-22-38(23-15-34)50-62-46-40(51(53,54)55)25-7-30(2)47(46)63-50/h3-28H,1-2H3. The smallest absolute Gasteiger partial charge is 0.420 e. The summed E-state index contributed by atoms with van der Waals surface area (Å²) in [5.74, 6) is 0.214. The van der Waals surface area contributed by atoms with Crippen molar-refractivity contribution >= 4 is 22.2 Å². The number of halogens is 6. The van der Waals surface area contributed by atoms with Crippen molar-refractivity contribution in [2.75, 3.05) is 0 Å². The van der Waals surface area contributed by atoms with Gasteiger partial charge in [0.05, 0.1) is 22.6 Å². The Morgan fingerprint density at radius 1 is 0.391 bits per heavy atom. The minimum Gasteiger partial charge on any atom is -0.436 e. The third-order valence-corrected chi connectivity index (χ3v) is 11.2. The van der Waals surface area contributed by atoms with Crippen LogP contribution in [-0.4, -0.2) is 19.9 Å². The van der Waals surface area contributed by atoms with Gasteiger partial charge in [-0.15, -0.1) is 0 Å². The Hall–Kier alpha value is -7.86. The van der Waals surface area contributed by atoms with Gasteiger partial charge in [0.15, 0.2) is 11.2 Å². The summed E-state index contributed by atoms with van der Waals surface area (Å²) in [6.07, 6.45) is -7.42. The van der Waals surface area contributed by atoms with Gasteiger partial charge in [-0.2, -0.15) is 26.3 Å². The van der Waals surface area contributed by atoms with Crippen molar-refractivity contribution in [1.29, 1.82) is 0 Å². The number of oxazole rings is 2. The summed E-state index contributed by atoms with van der Waals surface area (Å²) >= 11 is 0. The lowest BCUT2D eigenvalue weighted by atomic mass is 9.95. The van der Waals surface area contributed by atoms with Crippen molar-refractivity contribution in [2.45, 2.75) is 26.2 Å². The molecular weight excluding hydrogens is 827 g/mol. The molecular formula is C52H32F6N4O2. The molecule has 314 valence electrons. The Morgan fingerprint density at radius 3 is 1.42 bits per heavy atom. The fraction of sp³-hybridized carbons (Fsp3) is 0.0769. The molecule has 6 aromatic carbocycles. The highest BCUT2D eigenvalue weighted by atomic mass is 19.4. The number of rotatable bonds is 7. The van der Waals surface area contributed by atoms with Crippen molar-refractivity contribution in [3.8, 4) is 78.9 Å². The first kappa shape index (κ1) is 40.2. The maximum absolute atomic E-state index is 13.7. The summed E-state index contributed by atoms with van der Waals surface area (Å²) in [7, 11) is 0. The maximum atomic E-state index is 13.7. The second-order valence-electron chi connectivity index (χ2n) is 15.4. The van der Waals surface area contributed by atoms with Crippen LogP contribution in [0.25, 0.3) is 101 Å². The second kappa shape index (κ2) is 15.5. The topological polar surface area (TPSA) is 77.8 Å². The fourth-order valence-electron chi connectivity index (χ4n) is 7.81. The predicted octanol–water partition coefficient (Wildman–Crippen LogP) is 15.1. The summed E-state index contributed by atoms with van der Waals surface area (Å²) in [5.41, 5.74) is 8.83. The quantitative estimate of drug-likeness (QED) is 0.149. The van der Waals surface area contributed by atoms with Gasteiger partial charge in [0.2, 0.25) is 11.8 Å². The molecule has 0 aliphatic carbocycles. The Morgan fingerprint density at radius 2 is 0.875 bits per heavy atom. The first-order valence-corrected chi connectivity index (χ1v) is 20.1. The molecule has 0 saturated heterocycles. The molecule has 0 aliphatic heterocycles. The Balaban J connectivity index is 0.930. The molecule has 0 atom stereocenters. The molecule has 10 rings (SSSR count). The molecule has 0 aliphatic rings. The van der Waals surface area contributed by atoms with E-state index in [9.17, 15) is 26.3 Å². The monoisotopic (exact) mass is 858 g/mol. The lowest BCUT2D eigenvalue weighted by Crippen LogP contribution is -2.05. The third kappa shape index (κ3) is 7.46. The minimum absolute atomic E-state index is 0.106. The molecule has 10 aromatic rings. The zero-order valence-corrected chi connectivity index (χ0v) is 33.9. The Bertz CT molecular complexity index is 3340. The van der Waals surface area contributed by atoms with Crippen molar-refractivity contribution in [3.05, 3.63) is 180 Å².